The number of nitrogens with zero attached hydrogens (tertiary/aromatic N) is 3. The highest BCUT2D eigenvalue weighted by molar-refractivity contribution is 7.13. The molecular formula is C12H13N3O2S. The van der Waals surface area contributed by atoms with Crippen molar-refractivity contribution in [3.8, 4) is 16.8 Å². The minimum atomic E-state index is -0.564. The van der Waals surface area contributed by atoms with Gasteiger partial charge in [0.25, 0.3) is 5.89 Å². The van der Waals surface area contributed by atoms with Gasteiger partial charge in [-0.15, -0.1) is 11.3 Å². The number of thiophene rings is 1. The Balaban J connectivity index is 2.40. The third-order valence-corrected chi connectivity index (χ3v) is 3.91. The Morgan fingerprint density at radius 2 is 2.39 bits per heavy atom. The molecule has 0 aliphatic rings. The van der Waals surface area contributed by atoms with Gasteiger partial charge in [0.15, 0.2) is 0 Å². The van der Waals surface area contributed by atoms with Gasteiger partial charge < -0.3 is 9.26 Å². The van der Waals surface area contributed by atoms with E-state index in [1.54, 1.807) is 13.2 Å². The quantitative estimate of drug-likeness (QED) is 0.848. The molecular weight excluding hydrogens is 250 g/mol. The third kappa shape index (κ3) is 2.03. The van der Waals surface area contributed by atoms with E-state index >= 15 is 0 Å². The van der Waals surface area contributed by atoms with E-state index in [2.05, 4.69) is 16.2 Å². The summed E-state index contributed by atoms with van der Waals surface area (Å²) in [5.74, 6) is 0.869. The first-order chi connectivity index (χ1) is 8.64. The lowest BCUT2D eigenvalue weighted by atomic mass is 10.0. The Kier molecular flexibility index (Phi) is 3.45. The molecule has 0 saturated heterocycles. The molecule has 0 saturated carbocycles. The minimum absolute atomic E-state index is 0.369. The predicted octanol–water partition coefficient (Wildman–Crippen LogP) is 2.94. The first kappa shape index (κ1) is 12.7. The van der Waals surface area contributed by atoms with Crippen LogP contribution < -0.4 is 0 Å². The second-order valence-electron chi connectivity index (χ2n) is 3.99. The summed E-state index contributed by atoms with van der Waals surface area (Å²) >= 11 is 1.41. The SMILES string of the molecule is CCC(C)(OC)c1noc(-c2sccc2C#N)n1. The van der Waals surface area contributed by atoms with Gasteiger partial charge in [0.05, 0.1) is 5.56 Å². The summed E-state index contributed by atoms with van der Waals surface area (Å²) in [6.45, 7) is 3.90. The Labute approximate surface area is 109 Å². The van der Waals surface area contributed by atoms with Crippen molar-refractivity contribution in [1.29, 1.82) is 5.26 Å². The number of methoxy groups -OCH3 is 1. The second kappa shape index (κ2) is 4.88. The third-order valence-electron chi connectivity index (χ3n) is 3.00. The zero-order valence-corrected chi connectivity index (χ0v) is 11.2. The first-order valence-electron chi connectivity index (χ1n) is 5.52. The Morgan fingerprint density at radius 3 is 3.00 bits per heavy atom. The molecule has 1 unspecified atom stereocenters. The maximum absolute atomic E-state index is 8.97. The van der Waals surface area contributed by atoms with Crippen LogP contribution in [0, 0.1) is 11.3 Å². The highest BCUT2D eigenvalue weighted by Gasteiger charge is 2.30. The van der Waals surface area contributed by atoms with Crippen molar-refractivity contribution in [1.82, 2.24) is 10.1 Å². The number of hydrogen-bond donors (Lipinski definition) is 0. The Hall–Kier alpha value is -1.71. The molecule has 94 valence electrons. The van der Waals surface area contributed by atoms with Crippen molar-refractivity contribution < 1.29 is 9.26 Å². The molecule has 6 heteroatoms. The van der Waals surface area contributed by atoms with Gasteiger partial charge in [0, 0.05) is 7.11 Å². The molecule has 0 radical (unpaired) electrons. The van der Waals surface area contributed by atoms with E-state index in [4.69, 9.17) is 14.5 Å². The van der Waals surface area contributed by atoms with Gasteiger partial charge in [-0.1, -0.05) is 12.1 Å². The fourth-order valence-electron chi connectivity index (χ4n) is 1.49. The van der Waals surface area contributed by atoms with Crippen molar-refractivity contribution in [2.75, 3.05) is 7.11 Å². The van der Waals surface area contributed by atoms with Crippen LogP contribution in [0.5, 0.6) is 0 Å². The molecule has 0 fully saturated rings. The molecule has 0 aromatic carbocycles. The number of hydrogen-bond acceptors (Lipinski definition) is 6. The topological polar surface area (TPSA) is 71.9 Å². The average Bonchev–Trinajstić information content (AvgIpc) is 3.05. The molecule has 1 atom stereocenters. The van der Waals surface area contributed by atoms with Crippen LogP contribution in [0.4, 0.5) is 0 Å². The molecule has 5 nitrogen and oxygen atoms in total. The highest BCUT2D eigenvalue weighted by Crippen LogP contribution is 2.31. The van der Waals surface area contributed by atoms with Crippen LogP contribution in [0.25, 0.3) is 10.8 Å². The molecule has 2 rings (SSSR count). The van der Waals surface area contributed by atoms with E-state index in [-0.39, 0.29) is 0 Å². The van der Waals surface area contributed by atoms with Gasteiger partial charge in [0.1, 0.15) is 16.5 Å². The smallest absolute Gasteiger partial charge is 0.269 e. The Bertz CT molecular complexity index is 578. The average molecular weight is 263 g/mol. The number of ether oxygens (including phenoxy) is 1. The van der Waals surface area contributed by atoms with E-state index in [0.29, 0.717) is 22.2 Å². The fourth-order valence-corrected chi connectivity index (χ4v) is 2.25. The molecule has 18 heavy (non-hydrogen) atoms. The zero-order chi connectivity index (χ0) is 13.2. The molecule has 2 aromatic heterocycles. The van der Waals surface area contributed by atoms with Gasteiger partial charge in [-0.25, -0.2) is 0 Å². The van der Waals surface area contributed by atoms with Crippen molar-refractivity contribution in [2.45, 2.75) is 25.9 Å². The molecule has 0 aliphatic heterocycles. The van der Waals surface area contributed by atoms with E-state index in [0.717, 1.165) is 6.42 Å². The fraction of sp³-hybridized carbons (Fsp3) is 0.417. The van der Waals surface area contributed by atoms with Crippen molar-refractivity contribution >= 4 is 11.3 Å². The molecule has 0 N–H and O–H groups in total. The summed E-state index contributed by atoms with van der Waals surface area (Å²) < 4.78 is 10.6. The van der Waals surface area contributed by atoms with Gasteiger partial charge >= 0.3 is 0 Å². The summed E-state index contributed by atoms with van der Waals surface area (Å²) in [6.07, 6.45) is 0.734. The monoisotopic (exact) mass is 263 g/mol. The standard InChI is InChI=1S/C12H13N3O2S/c1-4-12(2,16-3)11-14-10(17-15-11)9-8(7-13)5-6-18-9/h5-6H,4H2,1-3H3. The van der Waals surface area contributed by atoms with E-state index in [1.807, 2.05) is 19.2 Å². The number of aromatic nitrogens is 2. The highest BCUT2D eigenvalue weighted by atomic mass is 32.1. The summed E-state index contributed by atoms with van der Waals surface area (Å²) in [6, 6.07) is 3.84. The van der Waals surface area contributed by atoms with E-state index < -0.39 is 5.60 Å². The minimum Gasteiger partial charge on any atom is -0.370 e. The van der Waals surface area contributed by atoms with Crippen molar-refractivity contribution in [3.05, 3.63) is 22.8 Å². The lowest BCUT2D eigenvalue weighted by Gasteiger charge is -2.21. The maximum Gasteiger partial charge on any atom is 0.269 e. The van der Waals surface area contributed by atoms with Crippen LogP contribution in [0.3, 0.4) is 0 Å². The normalized spacial score (nSPS) is 14.1. The molecule has 0 spiro atoms. The summed E-state index contributed by atoms with van der Waals surface area (Å²) in [7, 11) is 1.62. The van der Waals surface area contributed by atoms with Crippen LogP contribution in [-0.4, -0.2) is 17.3 Å². The largest absolute Gasteiger partial charge is 0.370 e. The van der Waals surface area contributed by atoms with E-state index in [9.17, 15) is 0 Å². The summed E-state index contributed by atoms with van der Waals surface area (Å²) in [4.78, 5) is 5.03. The maximum atomic E-state index is 8.97. The molecule has 2 aromatic rings. The van der Waals surface area contributed by atoms with Crippen LogP contribution in [-0.2, 0) is 10.3 Å². The Morgan fingerprint density at radius 1 is 1.61 bits per heavy atom. The van der Waals surface area contributed by atoms with Gasteiger partial charge in [-0.2, -0.15) is 10.2 Å². The predicted molar refractivity (Wildman–Crippen MR) is 67.0 cm³/mol. The summed E-state index contributed by atoms with van der Waals surface area (Å²) in [5.41, 5.74) is -0.0166. The van der Waals surface area contributed by atoms with Crippen molar-refractivity contribution in [3.63, 3.8) is 0 Å². The molecule has 0 aliphatic carbocycles. The second-order valence-corrected chi connectivity index (χ2v) is 4.90. The molecule has 0 amide bonds. The van der Waals surface area contributed by atoms with Gasteiger partial charge in [-0.3, -0.25) is 0 Å². The summed E-state index contributed by atoms with van der Waals surface area (Å²) in [5, 5.41) is 14.7. The molecule has 0 bridgehead atoms. The molecule has 2 heterocycles. The lowest BCUT2D eigenvalue weighted by molar-refractivity contribution is -0.0106. The lowest BCUT2D eigenvalue weighted by Crippen LogP contribution is -2.24. The zero-order valence-electron chi connectivity index (χ0n) is 10.4. The number of nitriles is 1. The van der Waals surface area contributed by atoms with Gasteiger partial charge in [0.2, 0.25) is 5.82 Å². The van der Waals surface area contributed by atoms with Crippen LogP contribution >= 0.6 is 11.3 Å². The first-order valence-corrected chi connectivity index (χ1v) is 6.40. The van der Waals surface area contributed by atoms with Crippen LogP contribution in [0.2, 0.25) is 0 Å². The number of rotatable bonds is 4. The van der Waals surface area contributed by atoms with Crippen LogP contribution in [0.15, 0.2) is 16.0 Å². The van der Waals surface area contributed by atoms with Crippen molar-refractivity contribution in [2.24, 2.45) is 0 Å². The van der Waals surface area contributed by atoms with E-state index in [1.165, 1.54) is 11.3 Å². The van der Waals surface area contributed by atoms with Gasteiger partial charge in [-0.05, 0) is 24.8 Å². The van der Waals surface area contributed by atoms with Crippen LogP contribution in [0.1, 0.15) is 31.7 Å².